The zero-order valence-electron chi connectivity index (χ0n) is 13.4. The van der Waals surface area contributed by atoms with E-state index in [1.54, 1.807) is 31.7 Å². The number of imidazole rings is 1. The van der Waals surface area contributed by atoms with E-state index in [0.29, 0.717) is 17.7 Å². The first kappa shape index (κ1) is 17.8. The number of anilines is 1. The van der Waals surface area contributed by atoms with Gasteiger partial charge in [-0.1, -0.05) is 13.8 Å². The molecule has 23 heavy (non-hydrogen) atoms. The summed E-state index contributed by atoms with van der Waals surface area (Å²) in [6.45, 7) is 5.51. The zero-order valence-corrected chi connectivity index (χ0v) is 14.3. The zero-order chi connectivity index (χ0) is 17.3. The minimum absolute atomic E-state index is 0.220. The lowest BCUT2D eigenvalue weighted by Crippen LogP contribution is -2.36. The van der Waals surface area contributed by atoms with Crippen LogP contribution in [-0.4, -0.2) is 40.8 Å². The van der Waals surface area contributed by atoms with Crippen LogP contribution in [-0.2, 0) is 15.8 Å². The average molecular weight is 343 g/mol. The molecule has 2 aromatic heterocycles. The third-order valence-electron chi connectivity index (χ3n) is 3.94. The lowest BCUT2D eigenvalue weighted by molar-refractivity contribution is -0.0571. The summed E-state index contributed by atoms with van der Waals surface area (Å²) in [5.41, 5.74) is 6.79. The van der Waals surface area contributed by atoms with Crippen molar-refractivity contribution in [1.29, 1.82) is 0 Å². The molecule has 2 rings (SSSR count). The molecule has 4 N–H and O–H groups in total. The van der Waals surface area contributed by atoms with Crippen molar-refractivity contribution < 1.29 is 19.1 Å². The molecule has 0 aliphatic rings. The van der Waals surface area contributed by atoms with Gasteiger partial charge < -0.3 is 24.8 Å². The summed E-state index contributed by atoms with van der Waals surface area (Å²) in [6, 6.07) is 0. The highest BCUT2D eigenvalue weighted by atomic mass is 31.2. The number of aromatic nitrogens is 4. The number of nitrogens with zero attached hydrogens (tertiary/aromatic N) is 4. The van der Waals surface area contributed by atoms with Gasteiger partial charge in [0.2, 0.25) is 0 Å². The SMILES string of the molecule is CCC(CC)(OC(C)Cn1cnc2c(N)ncnc21)P(=O)(O)O. The van der Waals surface area contributed by atoms with E-state index in [-0.39, 0.29) is 18.7 Å². The minimum Gasteiger partial charge on any atom is -0.382 e. The molecule has 2 heterocycles. The smallest absolute Gasteiger partial charge is 0.357 e. The lowest BCUT2D eigenvalue weighted by atomic mass is 10.2. The molecule has 1 unspecified atom stereocenters. The highest BCUT2D eigenvalue weighted by Gasteiger charge is 2.46. The first-order valence-electron chi connectivity index (χ1n) is 7.39. The van der Waals surface area contributed by atoms with E-state index < -0.39 is 19.0 Å². The van der Waals surface area contributed by atoms with Gasteiger partial charge in [0, 0.05) is 0 Å². The van der Waals surface area contributed by atoms with Crippen molar-refractivity contribution in [2.24, 2.45) is 0 Å². The van der Waals surface area contributed by atoms with Gasteiger partial charge in [-0.05, 0) is 19.8 Å². The molecule has 0 bridgehead atoms. The van der Waals surface area contributed by atoms with Gasteiger partial charge in [-0.15, -0.1) is 0 Å². The average Bonchev–Trinajstić information content (AvgIpc) is 2.88. The maximum Gasteiger partial charge on any atom is 0.357 e. The Morgan fingerprint density at radius 3 is 2.57 bits per heavy atom. The van der Waals surface area contributed by atoms with Crippen LogP contribution in [0.25, 0.3) is 11.2 Å². The summed E-state index contributed by atoms with van der Waals surface area (Å²) in [5, 5.41) is -1.48. The molecule has 9 nitrogen and oxygen atoms in total. The van der Waals surface area contributed by atoms with Gasteiger partial charge in [-0.3, -0.25) is 4.57 Å². The van der Waals surface area contributed by atoms with E-state index >= 15 is 0 Å². The maximum absolute atomic E-state index is 11.8. The first-order chi connectivity index (χ1) is 10.7. The number of ether oxygens (including phenoxy) is 1. The molecule has 128 valence electrons. The van der Waals surface area contributed by atoms with Crippen LogP contribution in [0.1, 0.15) is 33.6 Å². The fourth-order valence-corrected chi connectivity index (χ4v) is 3.76. The van der Waals surface area contributed by atoms with Crippen LogP contribution in [0, 0.1) is 0 Å². The molecule has 0 fully saturated rings. The van der Waals surface area contributed by atoms with Crippen LogP contribution in [0.3, 0.4) is 0 Å². The van der Waals surface area contributed by atoms with Gasteiger partial charge in [0.1, 0.15) is 11.8 Å². The molecule has 0 aliphatic carbocycles. The molecule has 10 heteroatoms. The highest BCUT2D eigenvalue weighted by Crippen LogP contribution is 2.55. The third kappa shape index (κ3) is 3.37. The fraction of sp³-hybridized carbons (Fsp3) is 0.615. The van der Waals surface area contributed by atoms with E-state index in [1.807, 2.05) is 0 Å². The number of nitrogen functional groups attached to an aromatic ring is 1. The van der Waals surface area contributed by atoms with E-state index in [4.69, 9.17) is 10.5 Å². The maximum atomic E-state index is 11.8. The topological polar surface area (TPSA) is 136 Å². The normalized spacial score (nSPS) is 14.3. The van der Waals surface area contributed by atoms with E-state index in [0.717, 1.165) is 0 Å². The molecular weight excluding hydrogens is 321 g/mol. The third-order valence-corrected chi connectivity index (χ3v) is 5.74. The summed E-state index contributed by atoms with van der Waals surface area (Å²) in [5.74, 6) is 0.286. The van der Waals surface area contributed by atoms with Crippen LogP contribution < -0.4 is 5.73 Å². The molecule has 0 radical (unpaired) electrons. The van der Waals surface area contributed by atoms with Gasteiger partial charge in [0.15, 0.2) is 16.8 Å². The Balaban J connectivity index is 2.22. The predicted molar refractivity (Wildman–Crippen MR) is 85.6 cm³/mol. The quantitative estimate of drug-likeness (QED) is 0.643. The number of hydrogen-bond acceptors (Lipinski definition) is 6. The summed E-state index contributed by atoms with van der Waals surface area (Å²) in [7, 11) is -4.40. The van der Waals surface area contributed by atoms with Crippen LogP contribution in [0.2, 0.25) is 0 Å². The van der Waals surface area contributed by atoms with Gasteiger partial charge >= 0.3 is 7.60 Å². The summed E-state index contributed by atoms with van der Waals surface area (Å²) in [4.78, 5) is 31.5. The molecule has 0 saturated carbocycles. The molecule has 1 atom stereocenters. The second-order valence-electron chi connectivity index (χ2n) is 5.45. The highest BCUT2D eigenvalue weighted by molar-refractivity contribution is 7.53. The number of nitrogens with two attached hydrogens (primary N) is 1. The van der Waals surface area contributed by atoms with Crippen molar-refractivity contribution >= 4 is 24.6 Å². The van der Waals surface area contributed by atoms with Gasteiger partial charge in [-0.2, -0.15) is 0 Å². The van der Waals surface area contributed by atoms with Gasteiger partial charge in [-0.25, -0.2) is 15.0 Å². The van der Waals surface area contributed by atoms with Crippen molar-refractivity contribution in [3.63, 3.8) is 0 Å². The minimum atomic E-state index is -4.40. The largest absolute Gasteiger partial charge is 0.382 e. The van der Waals surface area contributed by atoms with Crippen molar-refractivity contribution in [3.05, 3.63) is 12.7 Å². The molecule has 0 amide bonds. The van der Waals surface area contributed by atoms with Crippen molar-refractivity contribution in [3.8, 4) is 0 Å². The molecule has 0 saturated heterocycles. The molecule has 2 aromatic rings. The van der Waals surface area contributed by atoms with Crippen LogP contribution >= 0.6 is 7.60 Å². The summed E-state index contributed by atoms with van der Waals surface area (Å²) in [6.07, 6.45) is 2.90. The fourth-order valence-electron chi connectivity index (χ4n) is 2.62. The summed E-state index contributed by atoms with van der Waals surface area (Å²) >= 11 is 0. The Hall–Kier alpha value is -1.54. The van der Waals surface area contributed by atoms with E-state index in [1.165, 1.54) is 6.33 Å². The van der Waals surface area contributed by atoms with Crippen molar-refractivity contribution in [2.75, 3.05) is 5.73 Å². The summed E-state index contributed by atoms with van der Waals surface area (Å²) < 4.78 is 19.3. The molecule has 0 spiro atoms. The van der Waals surface area contributed by atoms with E-state index in [2.05, 4.69) is 15.0 Å². The Morgan fingerprint density at radius 1 is 1.35 bits per heavy atom. The monoisotopic (exact) mass is 343 g/mol. The Labute approximate surface area is 134 Å². The van der Waals surface area contributed by atoms with Crippen molar-refractivity contribution in [2.45, 2.75) is 51.6 Å². The Bertz CT molecular complexity index is 724. The van der Waals surface area contributed by atoms with Crippen LogP contribution in [0.5, 0.6) is 0 Å². The second-order valence-corrected chi connectivity index (χ2v) is 7.36. The lowest BCUT2D eigenvalue weighted by Gasteiger charge is -2.35. The van der Waals surface area contributed by atoms with E-state index in [9.17, 15) is 14.4 Å². The predicted octanol–water partition coefficient (Wildman–Crippen LogP) is 1.51. The Kier molecular flexibility index (Phi) is 5.05. The van der Waals surface area contributed by atoms with Gasteiger partial charge in [0.05, 0.1) is 19.0 Å². The van der Waals surface area contributed by atoms with Crippen LogP contribution in [0.4, 0.5) is 5.82 Å². The van der Waals surface area contributed by atoms with Crippen LogP contribution in [0.15, 0.2) is 12.7 Å². The first-order valence-corrected chi connectivity index (χ1v) is 9.00. The van der Waals surface area contributed by atoms with Crippen molar-refractivity contribution in [1.82, 2.24) is 19.5 Å². The molecule has 0 aromatic carbocycles. The van der Waals surface area contributed by atoms with Gasteiger partial charge in [0.25, 0.3) is 0 Å². The second kappa shape index (κ2) is 6.52. The number of fused-ring (bicyclic) bond motifs is 1. The standard InChI is InChI=1S/C13H22N5O4P/c1-4-13(5-2,23(19,20)21)22-9(3)6-18-8-17-10-11(14)15-7-16-12(10)18/h7-9H,4-6H2,1-3H3,(H2,14,15,16)(H2,19,20,21). The number of hydrogen-bond donors (Lipinski definition) is 3. The molecular formula is C13H22N5O4P. The molecule has 0 aliphatic heterocycles. The number of rotatable bonds is 7. The Morgan fingerprint density at radius 2 is 2.00 bits per heavy atom.